The molecule has 0 atom stereocenters. The molecule has 4 rings (SSSR count). The van der Waals surface area contributed by atoms with Crippen LogP contribution in [0.5, 0.6) is 5.75 Å². The van der Waals surface area contributed by atoms with E-state index in [0.29, 0.717) is 22.2 Å². The van der Waals surface area contributed by atoms with E-state index in [2.05, 4.69) is 5.32 Å². The summed E-state index contributed by atoms with van der Waals surface area (Å²) in [6, 6.07) is 13.7. The maximum Gasteiger partial charge on any atom is 0.420 e. The van der Waals surface area contributed by atoms with Crippen molar-refractivity contribution >= 4 is 24.1 Å². The summed E-state index contributed by atoms with van der Waals surface area (Å²) in [6.45, 7) is 0.288. The fraction of sp³-hybridized carbons (Fsp3) is 0.385. The Morgan fingerprint density at radius 2 is 1.50 bits per heavy atom. The third-order valence-corrected chi connectivity index (χ3v) is 7.38. The molecule has 0 aromatic heterocycles. The molecule has 12 heteroatoms. The molecular weight excluding hydrogens is 535 g/mol. The molecule has 0 saturated heterocycles. The van der Waals surface area contributed by atoms with E-state index in [1.54, 1.807) is 36.4 Å². The second-order valence-corrected chi connectivity index (χ2v) is 11.1. The van der Waals surface area contributed by atoms with Crippen LogP contribution in [0.3, 0.4) is 0 Å². The van der Waals surface area contributed by atoms with Gasteiger partial charge in [0.1, 0.15) is 11.3 Å². The Hall–Kier alpha value is -2.75. The van der Waals surface area contributed by atoms with Gasteiger partial charge >= 0.3 is 19.9 Å². The van der Waals surface area contributed by atoms with Crippen LogP contribution in [0.2, 0.25) is 0 Å². The third kappa shape index (κ3) is 7.21. The number of benzene rings is 3. The van der Waals surface area contributed by atoms with Crippen LogP contribution in [-0.2, 0) is 23.4 Å². The standard InChI is InChI=1S/C26H26F6NO4P/c27-25(28,29)19-5-9-21(10-6-19)37-23-12-4-18-13-17(3-11-22(18)24(23)26(30,31)32)14-33-20-7-1-16(2-8-20)15-38(34,35)36/h1-4,7-8,11-13,19,21,33H,5-6,9-10,14-15H2,(H2,34,35,36)/t19-,21+. The van der Waals surface area contributed by atoms with Crippen molar-refractivity contribution in [2.45, 2.75) is 56.8 Å². The summed E-state index contributed by atoms with van der Waals surface area (Å²) < 4.78 is 97.7. The second kappa shape index (κ2) is 10.8. The minimum absolute atomic E-state index is 0.0322. The van der Waals surface area contributed by atoms with E-state index in [0.717, 1.165) is 0 Å². The maximum absolute atomic E-state index is 14.1. The highest BCUT2D eigenvalue weighted by atomic mass is 31.2. The van der Waals surface area contributed by atoms with Crippen molar-refractivity contribution in [2.75, 3.05) is 5.32 Å². The van der Waals surface area contributed by atoms with Crippen molar-refractivity contribution in [3.8, 4) is 5.75 Å². The van der Waals surface area contributed by atoms with Crippen LogP contribution >= 0.6 is 7.60 Å². The number of halogens is 6. The van der Waals surface area contributed by atoms with Crippen LogP contribution in [0.4, 0.5) is 32.0 Å². The Labute approximate surface area is 215 Å². The monoisotopic (exact) mass is 561 g/mol. The van der Waals surface area contributed by atoms with E-state index < -0.39 is 37.5 Å². The molecule has 0 unspecified atom stereocenters. The molecule has 0 spiro atoms. The topological polar surface area (TPSA) is 78.8 Å². The first-order chi connectivity index (χ1) is 17.7. The van der Waals surface area contributed by atoms with E-state index in [9.17, 15) is 30.9 Å². The molecule has 0 aliphatic heterocycles. The molecule has 0 bridgehead atoms. The van der Waals surface area contributed by atoms with Gasteiger partial charge in [-0.15, -0.1) is 0 Å². The molecule has 38 heavy (non-hydrogen) atoms. The first kappa shape index (κ1) is 28.3. The fourth-order valence-corrected chi connectivity index (χ4v) is 5.40. The van der Waals surface area contributed by atoms with Crippen molar-refractivity contribution in [3.05, 3.63) is 71.3 Å². The van der Waals surface area contributed by atoms with Gasteiger partial charge in [-0.25, -0.2) is 0 Å². The predicted octanol–water partition coefficient (Wildman–Crippen LogP) is 7.65. The molecule has 3 aromatic carbocycles. The van der Waals surface area contributed by atoms with E-state index in [1.165, 1.54) is 18.2 Å². The Kier molecular flexibility index (Phi) is 8.02. The van der Waals surface area contributed by atoms with Gasteiger partial charge in [0, 0.05) is 12.2 Å². The van der Waals surface area contributed by atoms with E-state index in [1.807, 2.05) is 0 Å². The average Bonchev–Trinajstić information content (AvgIpc) is 2.81. The van der Waals surface area contributed by atoms with Crippen LogP contribution in [0, 0.1) is 5.92 Å². The Bertz CT molecular complexity index is 1310. The van der Waals surface area contributed by atoms with Gasteiger partial charge in [0.15, 0.2) is 0 Å². The van der Waals surface area contributed by atoms with Gasteiger partial charge in [-0.1, -0.05) is 30.3 Å². The number of rotatable bonds is 7. The first-order valence-corrected chi connectivity index (χ1v) is 13.7. The summed E-state index contributed by atoms with van der Waals surface area (Å²) in [4.78, 5) is 18.1. The molecule has 0 heterocycles. The molecule has 1 aliphatic rings. The lowest BCUT2D eigenvalue weighted by atomic mass is 9.87. The highest BCUT2D eigenvalue weighted by Crippen LogP contribution is 2.44. The van der Waals surface area contributed by atoms with E-state index in [4.69, 9.17) is 14.5 Å². The van der Waals surface area contributed by atoms with Crippen LogP contribution in [0.1, 0.15) is 42.4 Å². The lowest BCUT2D eigenvalue weighted by Gasteiger charge is -2.31. The predicted molar refractivity (Wildman–Crippen MR) is 131 cm³/mol. The van der Waals surface area contributed by atoms with Crippen LogP contribution in [0.15, 0.2) is 54.6 Å². The maximum atomic E-state index is 14.1. The number of nitrogens with one attached hydrogen (secondary N) is 1. The number of hydrogen-bond acceptors (Lipinski definition) is 3. The highest BCUT2D eigenvalue weighted by Gasteiger charge is 2.42. The van der Waals surface area contributed by atoms with Crippen LogP contribution < -0.4 is 10.1 Å². The van der Waals surface area contributed by atoms with E-state index >= 15 is 0 Å². The molecule has 206 valence electrons. The third-order valence-electron chi connectivity index (χ3n) is 6.60. The smallest absolute Gasteiger partial charge is 0.420 e. The lowest BCUT2D eigenvalue weighted by Crippen LogP contribution is -2.32. The SMILES string of the molecule is O=P(O)(O)Cc1ccc(NCc2ccc3c(C(F)(F)F)c(O[C@H]4CC[C@@H](C(F)(F)F)CC4)ccc3c2)cc1. The van der Waals surface area contributed by atoms with Crippen molar-refractivity contribution in [3.63, 3.8) is 0 Å². The van der Waals surface area contributed by atoms with Gasteiger partial charge in [-0.3, -0.25) is 4.57 Å². The number of hydrogen-bond donors (Lipinski definition) is 3. The fourth-order valence-electron chi connectivity index (χ4n) is 4.72. The van der Waals surface area contributed by atoms with Gasteiger partial charge in [-0.2, -0.15) is 26.3 Å². The van der Waals surface area contributed by atoms with Crippen LogP contribution in [-0.4, -0.2) is 22.1 Å². The average molecular weight is 561 g/mol. The highest BCUT2D eigenvalue weighted by molar-refractivity contribution is 7.50. The summed E-state index contributed by atoms with van der Waals surface area (Å²) in [5.41, 5.74) is 0.886. The lowest BCUT2D eigenvalue weighted by molar-refractivity contribution is -0.185. The summed E-state index contributed by atoms with van der Waals surface area (Å²) in [5, 5.41) is 3.39. The molecule has 1 fully saturated rings. The molecule has 1 aliphatic carbocycles. The minimum atomic E-state index is -4.73. The van der Waals surface area contributed by atoms with Crippen LogP contribution in [0.25, 0.3) is 10.8 Å². The Balaban J connectivity index is 1.48. The molecule has 5 nitrogen and oxygen atoms in total. The zero-order valence-electron chi connectivity index (χ0n) is 20.0. The van der Waals surface area contributed by atoms with E-state index in [-0.39, 0.29) is 49.5 Å². The van der Waals surface area contributed by atoms with Gasteiger partial charge in [0.25, 0.3) is 0 Å². The molecule has 0 radical (unpaired) electrons. The molecule has 3 aromatic rings. The summed E-state index contributed by atoms with van der Waals surface area (Å²) >= 11 is 0. The summed E-state index contributed by atoms with van der Waals surface area (Å²) in [6.07, 6.45) is -10.4. The first-order valence-electron chi connectivity index (χ1n) is 11.9. The molecular formula is C26H26F6NO4P. The number of ether oxygens (including phenoxy) is 1. The van der Waals surface area contributed by atoms with Crippen molar-refractivity contribution in [1.82, 2.24) is 0 Å². The minimum Gasteiger partial charge on any atom is -0.490 e. The largest absolute Gasteiger partial charge is 0.490 e. The van der Waals surface area contributed by atoms with Crippen molar-refractivity contribution in [1.29, 1.82) is 0 Å². The van der Waals surface area contributed by atoms with Crippen molar-refractivity contribution in [2.24, 2.45) is 5.92 Å². The van der Waals surface area contributed by atoms with Gasteiger partial charge in [0.05, 0.1) is 18.2 Å². The summed E-state index contributed by atoms with van der Waals surface area (Å²) in [5.74, 6) is -1.84. The number of fused-ring (bicyclic) bond motifs is 1. The number of alkyl halides is 6. The zero-order chi connectivity index (χ0) is 27.7. The van der Waals surface area contributed by atoms with Crippen molar-refractivity contribution < 1.29 is 45.4 Å². The van der Waals surface area contributed by atoms with Gasteiger partial charge < -0.3 is 19.8 Å². The zero-order valence-corrected chi connectivity index (χ0v) is 20.9. The second-order valence-electron chi connectivity index (χ2n) is 9.50. The Morgan fingerprint density at radius 1 is 0.868 bits per heavy atom. The quantitative estimate of drug-likeness (QED) is 0.204. The van der Waals surface area contributed by atoms with Gasteiger partial charge in [-0.05, 0) is 71.8 Å². The molecule has 1 saturated carbocycles. The van der Waals surface area contributed by atoms with Gasteiger partial charge in [0.2, 0.25) is 0 Å². The normalized spacial score (nSPS) is 18.9. The summed E-state index contributed by atoms with van der Waals surface area (Å²) in [7, 11) is -4.18. The molecule has 3 N–H and O–H groups in total. The molecule has 0 amide bonds. The number of anilines is 1. The Morgan fingerprint density at radius 3 is 2.08 bits per heavy atom.